The largest absolute Gasteiger partial charge is 0.399 e. The van der Waals surface area contributed by atoms with Crippen molar-refractivity contribution in [3.05, 3.63) is 23.8 Å². The fourth-order valence-corrected chi connectivity index (χ4v) is 3.15. The third kappa shape index (κ3) is 2.96. The van der Waals surface area contributed by atoms with Crippen LogP contribution in [0, 0.1) is 12.8 Å². The fraction of sp³-hybridized carbons (Fsp3) is 0.600. The Morgan fingerprint density at radius 1 is 1.44 bits per heavy atom. The molecular weight excluding hydrogens is 224 g/mol. The molecule has 0 saturated heterocycles. The lowest BCUT2D eigenvalue weighted by molar-refractivity contribution is 0.149. The quantitative estimate of drug-likeness (QED) is 0.721. The van der Waals surface area contributed by atoms with Crippen LogP contribution in [0.2, 0.25) is 0 Å². The Hall–Kier alpha value is -1.22. The number of nitrogens with one attached hydrogen (secondary N) is 1. The number of benzene rings is 1. The topological polar surface area (TPSA) is 58.3 Å². The van der Waals surface area contributed by atoms with Gasteiger partial charge in [-0.2, -0.15) is 0 Å². The van der Waals surface area contributed by atoms with Gasteiger partial charge in [0.05, 0.1) is 12.1 Å². The van der Waals surface area contributed by atoms with Gasteiger partial charge in [0, 0.05) is 11.4 Å². The lowest BCUT2D eigenvalue weighted by atomic mass is 9.76. The van der Waals surface area contributed by atoms with E-state index in [2.05, 4.69) is 18.3 Å². The zero-order valence-corrected chi connectivity index (χ0v) is 11.4. The summed E-state index contributed by atoms with van der Waals surface area (Å²) in [6.45, 7) is 4.48. The second-order valence-corrected chi connectivity index (χ2v) is 5.90. The Labute approximate surface area is 109 Å². The molecule has 1 fully saturated rings. The number of hydrogen-bond donors (Lipinski definition) is 3. The van der Waals surface area contributed by atoms with Gasteiger partial charge in [0.25, 0.3) is 0 Å². The van der Waals surface area contributed by atoms with Crippen LogP contribution >= 0.6 is 0 Å². The van der Waals surface area contributed by atoms with Crippen molar-refractivity contribution in [3.63, 3.8) is 0 Å². The van der Waals surface area contributed by atoms with E-state index in [0.29, 0.717) is 5.92 Å². The molecule has 1 aliphatic carbocycles. The van der Waals surface area contributed by atoms with E-state index in [4.69, 9.17) is 5.73 Å². The molecule has 0 radical (unpaired) electrons. The summed E-state index contributed by atoms with van der Waals surface area (Å²) in [5.41, 5.74) is 8.65. The molecule has 0 amide bonds. The zero-order valence-electron chi connectivity index (χ0n) is 11.4. The lowest BCUT2D eigenvalue weighted by Gasteiger charge is -2.40. The maximum absolute atomic E-state index is 9.77. The van der Waals surface area contributed by atoms with Gasteiger partial charge in [0.2, 0.25) is 0 Å². The van der Waals surface area contributed by atoms with Crippen molar-refractivity contribution >= 4 is 11.4 Å². The van der Waals surface area contributed by atoms with Gasteiger partial charge in [-0.1, -0.05) is 19.8 Å². The molecule has 1 aromatic carbocycles. The Balaban J connectivity index is 2.18. The van der Waals surface area contributed by atoms with E-state index in [1.807, 2.05) is 19.1 Å². The first kappa shape index (κ1) is 13.2. The Morgan fingerprint density at radius 2 is 2.22 bits per heavy atom. The van der Waals surface area contributed by atoms with E-state index in [9.17, 15) is 5.11 Å². The Bertz CT molecular complexity index is 399. The second-order valence-electron chi connectivity index (χ2n) is 5.90. The Kier molecular flexibility index (Phi) is 3.81. The minimum absolute atomic E-state index is 0.169. The van der Waals surface area contributed by atoms with Crippen molar-refractivity contribution in [2.45, 2.75) is 45.1 Å². The molecule has 0 spiro atoms. The van der Waals surface area contributed by atoms with Crippen LogP contribution in [0.1, 0.15) is 38.2 Å². The van der Waals surface area contributed by atoms with Crippen molar-refractivity contribution in [2.24, 2.45) is 5.92 Å². The van der Waals surface area contributed by atoms with Crippen LogP contribution in [-0.2, 0) is 0 Å². The van der Waals surface area contributed by atoms with E-state index < -0.39 is 0 Å². The third-order valence-corrected chi connectivity index (χ3v) is 3.90. The maximum atomic E-state index is 9.77. The zero-order chi connectivity index (χ0) is 13.2. The average molecular weight is 248 g/mol. The van der Waals surface area contributed by atoms with Gasteiger partial charge >= 0.3 is 0 Å². The number of aryl methyl sites for hydroxylation is 1. The molecule has 1 aromatic rings. The van der Waals surface area contributed by atoms with Crippen molar-refractivity contribution in [3.8, 4) is 0 Å². The number of nitrogens with two attached hydrogens (primary N) is 1. The van der Waals surface area contributed by atoms with E-state index in [0.717, 1.165) is 29.8 Å². The standard InChI is InChI=1S/C15H24N2O/c1-11-4-3-5-15(9-11,10-18)17-14-7-12(2)6-13(16)8-14/h6-8,11,17-18H,3-5,9-10,16H2,1-2H3. The summed E-state index contributed by atoms with van der Waals surface area (Å²) in [6.07, 6.45) is 4.49. The molecule has 2 rings (SSSR count). The van der Waals surface area contributed by atoms with Crippen LogP contribution in [0.25, 0.3) is 0 Å². The van der Waals surface area contributed by atoms with Crippen molar-refractivity contribution in [2.75, 3.05) is 17.7 Å². The van der Waals surface area contributed by atoms with Gasteiger partial charge in [-0.25, -0.2) is 0 Å². The van der Waals surface area contributed by atoms with E-state index in [1.165, 1.54) is 12.8 Å². The van der Waals surface area contributed by atoms with Gasteiger partial charge in [-0.05, 0) is 49.4 Å². The normalized spacial score (nSPS) is 28.1. The summed E-state index contributed by atoms with van der Waals surface area (Å²) in [4.78, 5) is 0. The highest BCUT2D eigenvalue weighted by atomic mass is 16.3. The summed E-state index contributed by atoms with van der Waals surface area (Å²) in [7, 11) is 0. The van der Waals surface area contributed by atoms with E-state index in [-0.39, 0.29) is 12.1 Å². The molecule has 18 heavy (non-hydrogen) atoms. The number of rotatable bonds is 3. The highest BCUT2D eigenvalue weighted by Gasteiger charge is 2.34. The van der Waals surface area contributed by atoms with Crippen LogP contribution in [-0.4, -0.2) is 17.3 Å². The molecule has 0 heterocycles. The van der Waals surface area contributed by atoms with E-state index >= 15 is 0 Å². The Morgan fingerprint density at radius 3 is 2.83 bits per heavy atom. The molecule has 0 aliphatic heterocycles. The van der Waals surface area contributed by atoms with Crippen molar-refractivity contribution in [1.29, 1.82) is 0 Å². The maximum Gasteiger partial charge on any atom is 0.0661 e. The monoisotopic (exact) mass is 248 g/mol. The van der Waals surface area contributed by atoms with Gasteiger partial charge in [-0.15, -0.1) is 0 Å². The summed E-state index contributed by atoms with van der Waals surface area (Å²) in [5.74, 6) is 0.667. The first-order valence-corrected chi connectivity index (χ1v) is 6.79. The van der Waals surface area contributed by atoms with Crippen LogP contribution in [0.15, 0.2) is 18.2 Å². The summed E-state index contributed by atoms with van der Waals surface area (Å²) >= 11 is 0. The molecule has 0 bridgehead atoms. The molecule has 2 atom stereocenters. The predicted octanol–water partition coefficient (Wildman–Crippen LogP) is 2.93. The number of aliphatic hydroxyl groups excluding tert-OH is 1. The first-order valence-electron chi connectivity index (χ1n) is 6.79. The minimum atomic E-state index is -0.169. The summed E-state index contributed by atoms with van der Waals surface area (Å²) < 4.78 is 0. The highest BCUT2D eigenvalue weighted by Crippen LogP contribution is 2.35. The van der Waals surface area contributed by atoms with Gasteiger partial charge < -0.3 is 16.2 Å². The third-order valence-electron chi connectivity index (χ3n) is 3.90. The van der Waals surface area contributed by atoms with Crippen LogP contribution < -0.4 is 11.1 Å². The number of anilines is 2. The molecule has 2 unspecified atom stereocenters. The predicted molar refractivity (Wildman–Crippen MR) is 76.7 cm³/mol. The van der Waals surface area contributed by atoms with Crippen LogP contribution in [0.4, 0.5) is 11.4 Å². The molecular formula is C15H24N2O. The van der Waals surface area contributed by atoms with Gasteiger partial charge in [-0.3, -0.25) is 0 Å². The van der Waals surface area contributed by atoms with Crippen molar-refractivity contribution < 1.29 is 5.11 Å². The van der Waals surface area contributed by atoms with E-state index in [1.54, 1.807) is 0 Å². The highest BCUT2D eigenvalue weighted by molar-refractivity contribution is 5.58. The second kappa shape index (κ2) is 5.19. The van der Waals surface area contributed by atoms with Crippen LogP contribution in [0.5, 0.6) is 0 Å². The van der Waals surface area contributed by atoms with Gasteiger partial charge in [0.1, 0.15) is 0 Å². The molecule has 1 aliphatic rings. The number of aliphatic hydroxyl groups is 1. The van der Waals surface area contributed by atoms with Crippen molar-refractivity contribution in [1.82, 2.24) is 0 Å². The molecule has 3 heteroatoms. The van der Waals surface area contributed by atoms with Crippen LogP contribution in [0.3, 0.4) is 0 Å². The SMILES string of the molecule is Cc1cc(N)cc(NC2(CO)CCCC(C)C2)c1. The number of hydrogen-bond acceptors (Lipinski definition) is 3. The molecule has 1 saturated carbocycles. The first-order chi connectivity index (χ1) is 8.53. The lowest BCUT2D eigenvalue weighted by Crippen LogP contribution is -2.45. The molecule has 3 nitrogen and oxygen atoms in total. The molecule has 4 N–H and O–H groups in total. The fourth-order valence-electron chi connectivity index (χ4n) is 3.15. The summed E-state index contributed by atoms with van der Waals surface area (Å²) in [6, 6.07) is 6.00. The molecule has 100 valence electrons. The minimum Gasteiger partial charge on any atom is -0.399 e. The van der Waals surface area contributed by atoms with Gasteiger partial charge in [0.15, 0.2) is 0 Å². The average Bonchev–Trinajstić information content (AvgIpc) is 2.27. The molecule has 0 aromatic heterocycles. The number of nitrogen functional groups attached to an aromatic ring is 1. The summed E-state index contributed by atoms with van der Waals surface area (Å²) in [5, 5.41) is 13.3. The smallest absolute Gasteiger partial charge is 0.0661 e.